The molecule has 1 aliphatic rings. The number of aliphatic carboxylic acids is 2. The Bertz CT molecular complexity index is 253. The molecule has 0 amide bonds. The van der Waals surface area contributed by atoms with Gasteiger partial charge in [0.2, 0.25) is 0 Å². The van der Waals surface area contributed by atoms with Gasteiger partial charge < -0.3 is 15.9 Å². The van der Waals surface area contributed by atoms with E-state index in [0.717, 1.165) is 12.8 Å². The van der Waals surface area contributed by atoms with Crippen molar-refractivity contribution in [3.63, 3.8) is 0 Å². The summed E-state index contributed by atoms with van der Waals surface area (Å²) in [5.74, 6) is -3.03. The number of nitrogens with two attached hydrogens (primary N) is 1. The first-order valence-corrected chi connectivity index (χ1v) is 4.71. The quantitative estimate of drug-likeness (QED) is 0.587. The predicted octanol–water partition coefficient (Wildman–Crippen LogP) is 0.145. The van der Waals surface area contributed by atoms with E-state index in [1.165, 1.54) is 0 Å². The smallest absolute Gasteiger partial charge is 0.320 e. The Labute approximate surface area is 81.9 Å². The Kier molecular flexibility index (Phi) is 3.10. The lowest BCUT2D eigenvalue weighted by Crippen LogP contribution is -2.34. The first-order valence-electron chi connectivity index (χ1n) is 4.71. The fourth-order valence-electron chi connectivity index (χ4n) is 2.11. The molecule has 0 bridgehead atoms. The van der Waals surface area contributed by atoms with Gasteiger partial charge in [0.05, 0.1) is 5.92 Å². The lowest BCUT2D eigenvalue weighted by molar-refractivity contribution is -0.140. The minimum Gasteiger partial charge on any atom is -0.481 e. The molecule has 0 aromatic carbocycles. The van der Waals surface area contributed by atoms with Crippen molar-refractivity contribution in [1.82, 2.24) is 0 Å². The zero-order chi connectivity index (χ0) is 10.9. The number of carbonyl (C=O) groups is 2. The van der Waals surface area contributed by atoms with Gasteiger partial charge in [0, 0.05) is 5.92 Å². The Morgan fingerprint density at radius 1 is 1.43 bits per heavy atom. The second-order valence-electron chi connectivity index (χ2n) is 3.76. The molecule has 80 valence electrons. The van der Waals surface area contributed by atoms with Gasteiger partial charge in [-0.1, -0.05) is 13.3 Å². The molecule has 1 unspecified atom stereocenters. The van der Waals surface area contributed by atoms with Crippen LogP contribution in [0.4, 0.5) is 0 Å². The summed E-state index contributed by atoms with van der Waals surface area (Å²) in [5.41, 5.74) is 5.41. The monoisotopic (exact) mass is 201 g/mol. The highest BCUT2D eigenvalue weighted by molar-refractivity contribution is 5.80. The summed E-state index contributed by atoms with van der Waals surface area (Å²) in [7, 11) is 0. The minimum atomic E-state index is -1.11. The molecule has 0 radical (unpaired) electrons. The fourth-order valence-corrected chi connectivity index (χ4v) is 2.11. The highest BCUT2D eigenvalue weighted by Crippen LogP contribution is 2.50. The molecule has 14 heavy (non-hydrogen) atoms. The molecule has 1 rings (SSSR count). The summed E-state index contributed by atoms with van der Waals surface area (Å²) in [6, 6.07) is -1.03. The number of hydrogen-bond donors (Lipinski definition) is 3. The van der Waals surface area contributed by atoms with Crippen LogP contribution in [0.1, 0.15) is 19.8 Å². The maximum atomic E-state index is 10.7. The molecule has 0 saturated heterocycles. The van der Waals surface area contributed by atoms with Crippen LogP contribution >= 0.6 is 0 Å². The number of carboxylic acid groups (broad SMARTS) is 2. The second-order valence-corrected chi connectivity index (χ2v) is 3.76. The Hall–Kier alpha value is -1.10. The summed E-state index contributed by atoms with van der Waals surface area (Å²) >= 11 is 0. The Morgan fingerprint density at radius 3 is 2.36 bits per heavy atom. The van der Waals surface area contributed by atoms with Crippen LogP contribution in [0.3, 0.4) is 0 Å². The summed E-state index contributed by atoms with van der Waals surface area (Å²) in [4.78, 5) is 21.3. The molecule has 4 atom stereocenters. The third-order valence-electron chi connectivity index (χ3n) is 2.84. The molecule has 1 aliphatic carbocycles. The van der Waals surface area contributed by atoms with E-state index in [1.807, 2.05) is 6.92 Å². The summed E-state index contributed by atoms with van der Waals surface area (Å²) in [5, 5.41) is 17.5. The van der Waals surface area contributed by atoms with Crippen LogP contribution in [0.15, 0.2) is 0 Å². The van der Waals surface area contributed by atoms with Crippen molar-refractivity contribution < 1.29 is 19.8 Å². The summed E-state index contributed by atoms with van der Waals surface area (Å²) in [6.45, 7) is 1.95. The third kappa shape index (κ3) is 1.87. The van der Waals surface area contributed by atoms with Crippen molar-refractivity contribution in [3.05, 3.63) is 0 Å². The highest BCUT2D eigenvalue weighted by Gasteiger charge is 2.58. The van der Waals surface area contributed by atoms with Gasteiger partial charge in [-0.15, -0.1) is 0 Å². The first kappa shape index (κ1) is 11.0. The first-order chi connectivity index (χ1) is 6.50. The molecule has 1 fully saturated rings. The Morgan fingerprint density at radius 2 is 2.00 bits per heavy atom. The Balaban J connectivity index is 2.62. The van der Waals surface area contributed by atoms with Crippen LogP contribution in [-0.2, 0) is 9.59 Å². The molecule has 1 saturated carbocycles. The van der Waals surface area contributed by atoms with Gasteiger partial charge in [-0.05, 0) is 12.3 Å². The van der Waals surface area contributed by atoms with Crippen LogP contribution in [0.2, 0.25) is 0 Å². The summed E-state index contributed by atoms with van der Waals surface area (Å²) in [6.07, 6.45) is 1.60. The molecule has 0 aromatic heterocycles. The van der Waals surface area contributed by atoms with Crippen molar-refractivity contribution in [1.29, 1.82) is 0 Å². The molecule has 0 aliphatic heterocycles. The lowest BCUT2D eigenvalue weighted by atomic mass is 10.1. The normalized spacial score (nSPS) is 32.3. The van der Waals surface area contributed by atoms with E-state index in [1.54, 1.807) is 0 Å². The SMILES string of the molecule is CCC[C@@H]1[C@H](C(=O)O)[C@H]1C(N)C(=O)O. The third-order valence-corrected chi connectivity index (χ3v) is 2.84. The van der Waals surface area contributed by atoms with Gasteiger partial charge in [0.15, 0.2) is 0 Å². The van der Waals surface area contributed by atoms with Crippen LogP contribution < -0.4 is 5.73 Å². The number of carboxylic acids is 2. The zero-order valence-corrected chi connectivity index (χ0v) is 8.01. The lowest BCUT2D eigenvalue weighted by Gasteiger charge is -2.03. The molecule has 4 N–H and O–H groups in total. The van der Waals surface area contributed by atoms with E-state index in [-0.39, 0.29) is 11.8 Å². The van der Waals surface area contributed by atoms with E-state index >= 15 is 0 Å². The van der Waals surface area contributed by atoms with Gasteiger partial charge in [-0.2, -0.15) is 0 Å². The maximum absolute atomic E-state index is 10.7. The maximum Gasteiger partial charge on any atom is 0.320 e. The van der Waals surface area contributed by atoms with Crippen molar-refractivity contribution in [2.75, 3.05) is 0 Å². The second kappa shape index (κ2) is 3.96. The van der Waals surface area contributed by atoms with E-state index < -0.39 is 23.9 Å². The van der Waals surface area contributed by atoms with Gasteiger partial charge >= 0.3 is 11.9 Å². The molecule has 5 heteroatoms. The average molecular weight is 201 g/mol. The van der Waals surface area contributed by atoms with E-state index in [2.05, 4.69) is 0 Å². The van der Waals surface area contributed by atoms with E-state index in [0.29, 0.717) is 0 Å². The zero-order valence-electron chi connectivity index (χ0n) is 8.01. The fraction of sp³-hybridized carbons (Fsp3) is 0.778. The van der Waals surface area contributed by atoms with Gasteiger partial charge in [-0.25, -0.2) is 0 Å². The van der Waals surface area contributed by atoms with Crippen LogP contribution in [-0.4, -0.2) is 28.2 Å². The predicted molar refractivity (Wildman–Crippen MR) is 48.6 cm³/mol. The van der Waals surface area contributed by atoms with Crippen molar-refractivity contribution >= 4 is 11.9 Å². The molecule has 0 aromatic rings. The van der Waals surface area contributed by atoms with E-state index in [9.17, 15) is 9.59 Å². The standard InChI is InChI=1S/C9H15NO4/c1-2-3-4-5(6(4)8(11)12)7(10)9(13)14/h4-7H,2-3,10H2,1H3,(H,11,12)(H,13,14)/t4-,5-,6-,7?/m0/s1. The van der Waals surface area contributed by atoms with Gasteiger partial charge in [0.1, 0.15) is 6.04 Å². The topological polar surface area (TPSA) is 101 Å². The number of hydrogen-bond acceptors (Lipinski definition) is 3. The number of rotatable bonds is 5. The largest absolute Gasteiger partial charge is 0.481 e. The molecule has 0 heterocycles. The highest BCUT2D eigenvalue weighted by atomic mass is 16.4. The van der Waals surface area contributed by atoms with Gasteiger partial charge in [0.25, 0.3) is 0 Å². The molecular formula is C9H15NO4. The summed E-state index contributed by atoms with van der Waals surface area (Å²) < 4.78 is 0. The molecule has 0 spiro atoms. The van der Waals surface area contributed by atoms with E-state index in [4.69, 9.17) is 15.9 Å². The van der Waals surface area contributed by atoms with Gasteiger partial charge in [-0.3, -0.25) is 9.59 Å². The van der Waals surface area contributed by atoms with Crippen LogP contribution in [0, 0.1) is 17.8 Å². The van der Waals surface area contributed by atoms with Crippen molar-refractivity contribution in [2.45, 2.75) is 25.8 Å². The van der Waals surface area contributed by atoms with Crippen LogP contribution in [0.25, 0.3) is 0 Å². The van der Waals surface area contributed by atoms with Crippen molar-refractivity contribution in [2.24, 2.45) is 23.5 Å². The molecular weight excluding hydrogens is 186 g/mol. The average Bonchev–Trinajstić information content (AvgIpc) is 2.78. The molecule has 5 nitrogen and oxygen atoms in total. The van der Waals surface area contributed by atoms with Crippen molar-refractivity contribution in [3.8, 4) is 0 Å². The van der Waals surface area contributed by atoms with Crippen LogP contribution in [0.5, 0.6) is 0 Å². The minimum absolute atomic E-state index is 0.0522.